The summed E-state index contributed by atoms with van der Waals surface area (Å²) in [6, 6.07) is 14.2. The van der Waals surface area contributed by atoms with Crippen LogP contribution >= 0.6 is 0 Å². The Labute approximate surface area is 231 Å². The molecule has 4 rings (SSSR count). The van der Waals surface area contributed by atoms with Crippen molar-refractivity contribution in [2.45, 2.75) is 70.6 Å². The van der Waals surface area contributed by atoms with Crippen LogP contribution in [0.3, 0.4) is 0 Å². The normalized spacial score (nSPS) is 20.2. The van der Waals surface area contributed by atoms with Crippen LogP contribution in [-0.2, 0) is 19.2 Å². The van der Waals surface area contributed by atoms with E-state index in [-0.39, 0.29) is 30.8 Å². The number of amides is 2. The molecule has 2 atom stereocenters. The standard InChI is InChI=1S/C30H42N4O5/c1-2-34-19-18-25(21-34)31-32-30(36)24(22-38-27-15-10-13-23-11-6-7-14-26(23)27)12-4-3-5-16-28(35)33-39-29-17-8-9-20-37-29/h6-7,10-15,25,29,31H,2-5,8-9,16-22H2,1H3,(H,32,36)(H,33,35)/b24-12+. The number of carbonyl (C=O) groups excluding carboxylic acids is 2. The molecule has 0 aliphatic carbocycles. The minimum Gasteiger partial charge on any atom is -0.488 e. The molecule has 2 aromatic rings. The fourth-order valence-corrected chi connectivity index (χ4v) is 4.87. The zero-order valence-electron chi connectivity index (χ0n) is 23.0. The number of likely N-dealkylation sites (tertiary alicyclic amines) is 1. The second-order valence-corrected chi connectivity index (χ2v) is 10.2. The van der Waals surface area contributed by atoms with E-state index in [2.05, 4.69) is 28.2 Å². The molecule has 0 radical (unpaired) electrons. The van der Waals surface area contributed by atoms with Crippen molar-refractivity contribution in [3.8, 4) is 5.75 Å². The highest BCUT2D eigenvalue weighted by Gasteiger charge is 2.22. The number of unbranched alkanes of at least 4 members (excludes halogenated alkanes) is 2. The van der Waals surface area contributed by atoms with Gasteiger partial charge in [0, 0.05) is 37.4 Å². The lowest BCUT2D eigenvalue weighted by molar-refractivity contribution is -0.200. The monoisotopic (exact) mass is 538 g/mol. The second-order valence-electron chi connectivity index (χ2n) is 10.2. The van der Waals surface area contributed by atoms with Crippen LogP contribution in [0.25, 0.3) is 10.8 Å². The minimum atomic E-state index is -0.351. The zero-order valence-corrected chi connectivity index (χ0v) is 23.0. The van der Waals surface area contributed by atoms with Crippen LogP contribution in [0.1, 0.15) is 58.3 Å². The Bertz CT molecular complexity index is 1100. The highest BCUT2D eigenvalue weighted by atomic mass is 16.8. The van der Waals surface area contributed by atoms with E-state index in [1.54, 1.807) is 0 Å². The molecule has 9 nitrogen and oxygen atoms in total. The Morgan fingerprint density at radius 1 is 1.10 bits per heavy atom. The second kappa shape index (κ2) is 15.6. The van der Waals surface area contributed by atoms with E-state index < -0.39 is 0 Å². The third kappa shape index (κ3) is 9.32. The molecule has 0 spiro atoms. The number of nitrogens with one attached hydrogen (secondary N) is 3. The first kappa shape index (κ1) is 29.0. The van der Waals surface area contributed by atoms with Crippen LogP contribution in [0.2, 0.25) is 0 Å². The molecule has 0 bridgehead atoms. The summed E-state index contributed by atoms with van der Waals surface area (Å²) >= 11 is 0. The van der Waals surface area contributed by atoms with Gasteiger partial charge in [0.2, 0.25) is 5.91 Å². The molecule has 2 aliphatic rings. The number of hydrogen-bond acceptors (Lipinski definition) is 7. The molecule has 9 heteroatoms. The Morgan fingerprint density at radius 2 is 1.97 bits per heavy atom. The van der Waals surface area contributed by atoms with Gasteiger partial charge in [-0.2, -0.15) is 0 Å². The molecule has 212 valence electrons. The van der Waals surface area contributed by atoms with Crippen LogP contribution in [0.4, 0.5) is 0 Å². The number of fused-ring (bicyclic) bond motifs is 1. The summed E-state index contributed by atoms with van der Waals surface area (Å²) in [6.07, 6.45) is 7.89. The molecule has 2 amide bonds. The van der Waals surface area contributed by atoms with Gasteiger partial charge >= 0.3 is 0 Å². The third-order valence-corrected chi connectivity index (χ3v) is 7.22. The third-order valence-electron chi connectivity index (χ3n) is 7.22. The number of allylic oxidation sites excluding steroid dienone is 1. The fraction of sp³-hybridized carbons (Fsp3) is 0.533. The minimum absolute atomic E-state index is 0.156. The summed E-state index contributed by atoms with van der Waals surface area (Å²) in [6.45, 7) is 5.93. The van der Waals surface area contributed by atoms with Gasteiger partial charge in [-0.1, -0.05) is 49.4 Å². The predicted molar refractivity (Wildman–Crippen MR) is 151 cm³/mol. The number of ether oxygens (including phenoxy) is 2. The van der Waals surface area contributed by atoms with E-state index in [1.807, 2.05) is 48.5 Å². The molecule has 3 N–H and O–H groups in total. The number of hydroxylamine groups is 1. The summed E-state index contributed by atoms with van der Waals surface area (Å²) in [5.41, 5.74) is 9.15. The van der Waals surface area contributed by atoms with Gasteiger partial charge in [0.1, 0.15) is 12.4 Å². The van der Waals surface area contributed by atoms with Gasteiger partial charge < -0.3 is 14.4 Å². The van der Waals surface area contributed by atoms with Crippen molar-refractivity contribution in [1.29, 1.82) is 0 Å². The molecule has 2 aromatic carbocycles. The van der Waals surface area contributed by atoms with Crippen LogP contribution in [-0.4, -0.2) is 61.9 Å². The van der Waals surface area contributed by atoms with Crippen LogP contribution in [0, 0.1) is 0 Å². The number of hydrazine groups is 1. The first-order valence-corrected chi connectivity index (χ1v) is 14.3. The van der Waals surface area contributed by atoms with Crippen molar-refractivity contribution >= 4 is 22.6 Å². The summed E-state index contributed by atoms with van der Waals surface area (Å²) < 4.78 is 11.6. The zero-order chi connectivity index (χ0) is 27.3. The van der Waals surface area contributed by atoms with Gasteiger partial charge in [0.15, 0.2) is 6.29 Å². The van der Waals surface area contributed by atoms with Gasteiger partial charge in [-0.3, -0.25) is 15.0 Å². The molecule has 0 aromatic heterocycles. The number of hydrogen-bond donors (Lipinski definition) is 3. The molecule has 39 heavy (non-hydrogen) atoms. The number of rotatable bonds is 14. The molecule has 2 heterocycles. The summed E-state index contributed by atoms with van der Waals surface area (Å²) in [4.78, 5) is 32.9. The average Bonchev–Trinajstić information content (AvgIpc) is 3.45. The van der Waals surface area contributed by atoms with Crippen molar-refractivity contribution in [2.75, 3.05) is 32.8 Å². The smallest absolute Gasteiger partial charge is 0.264 e. The molecule has 2 unspecified atom stereocenters. The molecule has 2 saturated heterocycles. The van der Waals surface area contributed by atoms with Crippen molar-refractivity contribution in [3.05, 3.63) is 54.1 Å². The fourth-order valence-electron chi connectivity index (χ4n) is 4.87. The lowest BCUT2D eigenvalue weighted by Gasteiger charge is -2.22. The van der Waals surface area contributed by atoms with E-state index in [9.17, 15) is 9.59 Å². The van der Waals surface area contributed by atoms with Gasteiger partial charge in [-0.05, 0) is 63.1 Å². The quantitative estimate of drug-likeness (QED) is 0.190. The number of likely N-dealkylation sites (N-methyl/N-ethyl adjacent to an activating group) is 1. The average molecular weight is 539 g/mol. The largest absolute Gasteiger partial charge is 0.488 e. The van der Waals surface area contributed by atoms with E-state index in [0.717, 1.165) is 68.3 Å². The molecule has 2 fully saturated rings. The van der Waals surface area contributed by atoms with Gasteiger partial charge in [-0.15, -0.1) is 0 Å². The van der Waals surface area contributed by atoms with Crippen molar-refractivity contribution in [2.24, 2.45) is 0 Å². The highest BCUT2D eigenvalue weighted by Crippen LogP contribution is 2.25. The first-order valence-electron chi connectivity index (χ1n) is 14.3. The summed E-state index contributed by atoms with van der Waals surface area (Å²) in [5.74, 6) is 0.392. The molecule has 2 aliphatic heterocycles. The topological polar surface area (TPSA) is 101 Å². The predicted octanol–water partition coefficient (Wildman–Crippen LogP) is 3.99. The number of benzene rings is 2. The lowest BCUT2D eigenvalue weighted by Crippen LogP contribution is -2.46. The maximum atomic E-state index is 13.1. The van der Waals surface area contributed by atoms with E-state index in [4.69, 9.17) is 14.3 Å². The Kier molecular flexibility index (Phi) is 11.6. The number of nitrogens with zero attached hydrogens (tertiary/aromatic N) is 1. The highest BCUT2D eigenvalue weighted by molar-refractivity contribution is 5.93. The van der Waals surface area contributed by atoms with Crippen LogP contribution in [0.5, 0.6) is 5.75 Å². The summed E-state index contributed by atoms with van der Waals surface area (Å²) in [7, 11) is 0. The van der Waals surface area contributed by atoms with Crippen molar-refractivity contribution in [3.63, 3.8) is 0 Å². The molecular weight excluding hydrogens is 496 g/mol. The first-order chi connectivity index (χ1) is 19.1. The van der Waals surface area contributed by atoms with Crippen molar-refractivity contribution in [1.82, 2.24) is 21.2 Å². The van der Waals surface area contributed by atoms with Gasteiger partial charge in [-0.25, -0.2) is 15.7 Å². The van der Waals surface area contributed by atoms with Crippen molar-refractivity contribution < 1.29 is 23.9 Å². The molecular formula is C30H42N4O5. The Balaban J connectivity index is 1.27. The number of carbonyl (C=O) groups is 2. The van der Waals surface area contributed by atoms with Gasteiger partial charge in [0.05, 0.1) is 5.57 Å². The maximum Gasteiger partial charge on any atom is 0.264 e. The van der Waals surface area contributed by atoms with Crippen LogP contribution < -0.4 is 21.1 Å². The van der Waals surface area contributed by atoms with Gasteiger partial charge in [0.25, 0.3) is 5.91 Å². The maximum absolute atomic E-state index is 13.1. The SMILES string of the molecule is CCN1CCC(NNC(=O)/C(=C/CCCCC(=O)NOC2CCCCO2)COc2cccc3ccccc23)C1. The Hall–Kier alpha value is -2.98. The molecule has 0 saturated carbocycles. The van der Waals surface area contributed by atoms with Crippen LogP contribution in [0.15, 0.2) is 54.1 Å². The lowest BCUT2D eigenvalue weighted by atomic mass is 10.1. The van der Waals surface area contributed by atoms with E-state index >= 15 is 0 Å². The van der Waals surface area contributed by atoms with E-state index in [1.165, 1.54) is 0 Å². The van der Waals surface area contributed by atoms with E-state index in [0.29, 0.717) is 31.4 Å². The summed E-state index contributed by atoms with van der Waals surface area (Å²) in [5, 5.41) is 2.10. The Morgan fingerprint density at radius 3 is 2.79 bits per heavy atom.